The van der Waals surface area contributed by atoms with Crippen LogP contribution >= 0.6 is 11.8 Å². The molecule has 0 fully saturated rings. The minimum atomic E-state index is 0.278. The van der Waals surface area contributed by atoms with Crippen LogP contribution in [-0.2, 0) is 6.54 Å². The molecule has 1 aliphatic rings. The highest BCUT2D eigenvalue weighted by Gasteiger charge is 2.13. The van der Waals surface area contributed by atoms with E-state index in [1.54, 1.807) is 11.8 Å². The summed E-state index contributed by atoms with van der Waals surface area (Å²) in [5.41, 5.74) is 0. The van der Waals surface area contributed by atoms with Crippen LogP contribution in [0.4, 0.5) is 0 Å². The molecule has 2 aromatic rings. The Labute approximate surface area is 139 Å². The number of nitrogens with zero attached hydrogens (tertiary/aromatic N) is 3. The molecule has 0 bridgehead atoms. The number of benzene rings is 1. The first-order valence-corrected chi connectivity index (χ1v) is 8.42. The van der Waals surface area contributed by atoms with Gasteiger partial charge in [0.15, 0.2) is 16.7 Å². The van der Waals surface area contributed by atoms with Crippen molar-refractivity contribution >= 4 is 11.8 Å². The van der Waals surface area contributed by atoms with Gasteiger partial charge in [0.1, 0.15) is 11.6 Å². The van der Waals surface area contributed by atoms with E-state index < -0.39 is 0 Å². The molecule has 1 aromatic heterocycles. The van der Waals surface area contributed by atoms with Crippen molar-refractivity contribution in [3.63, 3.8) is 0 Å². The third-order valence-electron chi connectivity index (χ3n) is 3.35. The molecule has 0 saturated heterocycles. The molecule has 0 aliphatic carbocycles. The van der Waals surface area contributed by atoms with Crippen LogP contribution in [0.15, 0.2) is 36.0 Å². The molecule has 0 radical (unpaired) electrons. The Morgan fingerprint density at radius 1 is 1.35 bits per heavy atom. The van der Waals surface area contributed by atoms with Gasteiger partial charge in [-0.1, -0.05) is 17.8 Å². The number of rotatable bonds is 8. The molecule has 1 aliphatic heterocycles. The molecule has 6 nitrogen and oxygen atoms in total. The van der Waals surface area contributed by atoms with E-state index in [9.17, 15) is 0 Å². The second kappa shape index (κ2) is 7.41. The zero-order valence-corrected chi connectivity index (χ0v) is 13.8. The third kappa shape index (κ3) is 3.79. The molecule has 0 saturated carbocycles. The number of fused-ring (bicyclic) bond motifs is 1. The molecule has 0 spiro atoms. The lowest BCUT2D eigenvalue weighted by atomic mass is 10.3. The molecule has 0 N–H and O–H groups in total. The van der Waals surface area contributed by atoms with Gasteiger partial charge in [0.05, 0.1) is 6.61 Å². The normalized spacial score (nSPS) is 12.4. The summed E-state index contributed by atoms with van der Waals surface area (Å²) >= 11 is 1.68. The summed E-state index contributed by atoms with van der Waals surface area (Å²) in [7, 11) is 0. The maximum Gasteiger partial charge on any atom is 0.231 e. The molecule has 0 amide bonds. The minimum Gasteiger partial charge on any atom is -0.493 e. The predicted octanol–water partition coefficient (Wildman–Crippen LogP) is 3.06. The fourth-order valence-electron chi connectivity index (χ4n) is 2.19. The zero-order chi connectivity index (χ0) is 16.1. The van der Waals surface area contributed by atoms with Gasteiger partial charge in [-0.25, -0.2) is 0 Å². The Hall–Kier alpha value is -2.15. The molecule has 0 unspecified atom stereocenters. The number of hydrogen-bond donors (Lipinski definition) is 0. The van der Waals surface area contributed by atoms with E-state index in [2.05, 4.69) is 21.3 Å². The van der Waals surface area contributed by atoms with Gasteiger partial charge >= 0.3 is 0 Å². The predicted molar refractivity (Wildman–Crippen MR) is 88.4 cm³/mol. The fraction of sp³-hybridized carbons (Fsp3) is 0.375. The summed E-state index contributed by atoms with van der Waals surface area (Å²) in [6, 6.07) is 5.62. The molecule has 7 heteroatoms. The van der Waals surface area contributed by atoms with E-state index in [1.807, 2.05) is 31.2 Å². The summed E-state index contributed by atoms with van der Waals surface area (Å²) in [4.78, 5) is 0. The smallest absolute Gasteiger partial charge is 0.231 e. The number of thioether (sulfide) groups is 1. The number of allylic oxidation sites excluding steroid dienone is 1. The van der Waals surface area contributed by atoms with Crippen molar-refractivity contribution in [2.45, 2.75) is 25.0 Å². The highest BCUT2D eigenvalue weighted by molar-refractivity contribution is 7.99. The van der Waals surface area contributed by atoms with Crippen molar-refractivity contribution in [3.05, 3.63) is 36.7 Å². The topological polar surface area (TPSA) is 58.4 Å². The van der Waals surface area contributed by atoms with Crippen molar-refractivity contribution < 1.29 is 14.2 Å². The molecule has 0 atom stereocenters. The van der Waals surface area contributed by atoms with Gasteiger partial charge in [-0.15, -0.1) is 16.8 Å². The second-order valence-electron chi connectivity index (χ2n) is 4.99. The molecular weight excluding hydrogens is 314 g/mol. The fourth-order valence-corrected chi connectivity index (χ4v) is 3.09. The monoisotopic (exact) mass is 333 g/mol. The van der Waals surface area contributed by atoms with Crippen LogP contribution in [0.2, 0.25) is 0 Å². The average Bonchev–Trinajstić information content (AvgIpc) is 3.15. The van der Waals surface area contributed by atoms with Crippen molar-refractivity contribution in [1.29, 1.82) is 0 Å². The average molecular weight is 333 g/mol. The quantitative estimate of drug-likeness (QED) is 0.420. The number of aryl methyl sites for hydroxylation is 1. The SMILES string of the molecule is C=CCn1c(C)nnc1SCCCOc1ccc2c(c1)OCO2. The Morgan fingerprint density at radius 2 is 2.22 bits per heavy atom. The first-order chi connectivity index (χ1) is 11.3. The Kier molecular flexibility index (Phi) is 5.07. The molecule has 122 valence electrons. The number of aromatic nitrogens is 3. The van der Waals surface area contributed by atoms with Crippen LogP contribution in [0.1, 0.15) is 12.2 Å². The summed E-state index contributed by atoms with van der Waals surface area (Å²) in [6.45, 7) is 7.36. The lowest BCUT2D eigenvalue weighted by Gasteiger charge is -2.07. The van der Waals surface area contributed by atoms with Gasteiger partial charge in [-0.3, -0.25) is 0 Å². The highest BCUT2D eigenvalue weighted by Crippen LogP contribution is 2.35. The van der Waals surface area contributed by atoms with Crippen molar-refractivity contribution in [2.24, 2.45) is 0 Å². The largest absolute Gasteiger partial charge is 0.493 e. The van der Waals surface area contributed by atoms with E-state index in [-0.39, 0.29) is 6.79 Å². The molecule has 3 rings (SSSR count). The van der Waals surface area contributed by atoms with E-state index in [1.165, 1.54) is 0 Å². The van der Waals surface area contributed by atoms with Gasteiger partial charge in [-0.2, -0.15) is 0 Å². The third-order valence-corrected chi connectivity index (χ3v) is 4.40. The number of hydrogen-bond acceptors (Lipinski definition) is 6. The molecular formula is C16H19N3O3S. The Bertz CT molecular complexity index is 687. The molecule has 2 heterocycles. The van der Waals surface area contributed by atoms with Gasteiger partial charge in [-0.05, 0) is 25.5 Å². The first-order valence-electron chi connectivity index (χ1n) is 7.44. The van der Waals surface area contributed by atoms with E-state index in [0.717, 1.165) is 46.9 Å². The van der Waals surface area contributed by atoms with Crippen molar-refractivity contribution in [2.75, 3.05) is 19.2 Å². The standard InChI is InChI=1S/C16H19N3O3S/c1-3-7-19-12(2)17-18-16(19)23-9-4-8-20-13-5-6-14-15(10-13)22-11-21-14/h3,5-6,10H,1,4,7-9,11H2,2H3. The van der Waals surface area contributed by atoms with E-state index in [4.69, 9.17) is 14.2 Å². The van der Waals surface area contributed by atoms with Crippen LogP contribution in [0.25, 0.3) is 0 Å². The second-order valence-corrected chi connectivity index (χ2v) is 6.06. The summed E-state index contributed by atoms with van der Waals surface area (Å²) in [5, 5.41) is 9.21. The maximum atomic E-state index is 5.74. The minimum absolute atomic E-state index is 0.278. The highest BCUT2D eigenvalue weighted by atomic mass is 32.2. The van der Waals surface area contributed by atoms with Crippen LogP contribution < -0.4 is 14.2 Å². The maximum absolute atomic E-state index is 5.74. The zero-order valence-electron chi connectivity index (χ0n) is 13.0. The van der Waals surface area contributed by atoms with Crippen LogP contribution in [-0.4, -0.2) is 33.9 Å². The van der Waals surface area contributed by atoms with Crippen molar-refractivity contribution in [3.8, 4) is 17.2 Å². The van der Waals surface area contributed by atoms with Crippen LogP contribution in [0, 0.1) is 6.92 Å². The summed E-state index contributed by atoms with van der Waals surface area (Å²) < 4.78 is 18.4. The van der Waals surface area contributed by atoms with Crippen LogP contribution in [0.3, 0.4) is 0 Å². The summed E-state index contributed by atoms with van der Waals surface area (Å²) in [5.74, 6) is 4.13. The van der Waals surface area contributed by atoms with Crippen LogP contribution in [0.5, 0.6) is 17.2 Å². The van der Waals surface area contributed by atoms with Crippen molar-refractivity contribution in [1.82, 2.24) is 14.8 Å². The van der Waals surface area contributed by atoms with Gasteiger partial charge in [0, 0.05) is 18.4 Å². The lowest BCUT2D eigenvalue weighted by Crippen LogP contribution is -2.02. The Morgan fingerprint density at radius 3 is 3.09 bits per heavy atom. The molecule has 1 aromatic carbocycles. The number of ether oxygens (including phenoxy) is 3. The van der Waals surface area contributed by atoms with Gasteiger partial charge in [0.25, 0.3) is 0 Å². The lowest BCUT2D eigenvalue weighted by molar-refractivity contribution is 0.173. The first kappa shape index (κ1) is 15.7. The van der Waals surface area contributed by atoms with E-state index >= 15 is 0 Å². The van der Waals surface area contributed by atoms with E-state index in [0.29, 0.717) is 6.61 Å². The molecule has 23 heavy (non-hydrogen) atoms. The Balaban J connectivity index is 1.43. The van der Waals surface area contributed by atoms with Gasteiger partial charge < -0.3 is 18.8 Å². The summed E-state index contributed by atoms with van der Waals surface area (Å²) in [6.07, 6.45) is 2.77. The van der Waals surface area contributed by atoms with Gasteiger partial charge in [0.2, 0.25) is 6.79 Å².